The van der Waals surface area contributed by atoms with E-state index in [4.69, 9.17) is 11.6 Å². The van der Waals surface area contributed by atoms with E-state index in [1.807, 2.05) is 55.5 Å². The number of likely N-dealkylation sites (N-methyl/N-ethyl adjacent to an activating group) is 1. The van der Waals surface area contributed by atoms with Crippen LogP contribution in [0.1, 0.15) is 23.6 Å². The fourth-order valence-electron chi connectivity index (χ4n) is 4.20. The smallest absolute Gasteiger partial charge is 0.244 e. The zero-order chi connectivity index (χ0) is 27.0. The molecule has 0 spiro atoms. The third-order valence-corrected chi connectivity index (χ3v) is 7.44. The van der Waals surface area contributed by atoms with Crippen molar-refractivity contribution in [2.75, 3.05) is 24.2 Å². The Bertz CT molecular complexity index is 1330. The number of nitrogens with one attached hydrogen (secondary N) is 1. The molecule has 0 aliphatic carbocycles. The molecule has 0 aromatic heterocycles. The van der Waals surface area contributed by atoms with Gasteiger partial charge >= 0.3 is 0 Å². The highest BCUT2D eigenvalue weighted by molar-refractivity contribution is 7.92. The second kappa shape index (κ2) is 12.7. The predicted molar refractivity (Wildman–Crippen MR) is 148 cm³/mol. The zero-order valence-corrected chi connectivity index (χ0v) is 22.8. The summed E-state index contributed by atoms with van der Waals surface area (Å²) in [7, 11) is -2.29. The average Bonchev–Trinajstić information content (AvgIpc) is 2.88. The van der Waals surface area contributed by atoms with Crippen molar-refractivity contribution in [1.29, 1.82) is 0 Å². The first kappa shape index (κ1) is 28.2. The van der Waals surface area contributed by atoms with Gasteiger partial charge in [0.1, 0.15) is 12.6 Å². The van der Waals surface area contributed by atoms with Crippen molar-refractivity contribution >= 4 is 39.1 Å². The van der Waals surface area contributed by atoms with Crippen molar-refractivity contribution in [3.8, 4) is 0 Å². The van der Waals surface area contributed by atoms with Crippen LogP contribution in [0.25, 0.3) is 0 Å². The molecule has 0 bridgehead atoms. The minimum Gasteiger partial charge on any atom is -0.357 e. The maximum Gasteiger partial charge on any atom is 0.244 e. The summed E-state index contributed by atoms with van der Waals surface area (Å²) < 4.78 is 26.9. The Kier molecular flexibility index (Phi) is 9.72. The van der Waals surface area contributed by atoms with Crippen LogP contribution < -0.4 is 9.62 Å². The van der Waals surface area contributed by atoms with Gasteiger partial charge in [0.2, 0.25) is 21.8 Å². The SMILES string of the molecule is CCc1ccccc1N(CC(=O)N(Cc1cccc(Cl)c1)[C@H](Cc1ccccc1)C(=O)NC)S(C)(=O)=O. The minimum absolute atomic E-state index is 0.0807. The number of aryl methyl sites for hydroxylation is 1. The topological polar surface area (TPSA) is 86.8 Å². The number of nitrogens with zero attached hydrogens (tertiary/aromatic N) is 2. The molecule has 0 aliphatic rings. The van der Waals surface area contributed by atoms with E-state index in [9.17, 15) is 18.0 Å². The molecule has 3 aromatic rings. The van der Waals surface area contributed by atoms with Gasteiger partial charge in [0.15, 0.2) is 0 Å². The molecule has 9 heteroatoms. The van der Waals surface area contributed by atoms with E-state index in [2.05, 4.69) is 5.32 Å². The number of amides is 2. The normalized spacial score (nSPS) is 12.0. The van der Waals surface area contributed by atoms with Gasteiger partial charge in [0, 0.05) is 25.0 Å². The largest absolute Gasteiger partial charge is 0.357 e. The Labute approximate surface area is 224 Å². The molecular weight excluding hydrogens is 510 g/mol. The number of carbonyl (C=O) groups excluding carboxylic acids is 2. The van der Waals surface area contributed by atoms with Crippen LogP contribution in [-0.4, -0.2) is 51.0 Å². The van der Waals surface area contributed by atoms with Crippen molar-refractivity contribution in [3.63, 3.8) is 0 Å². The first-order chi connectivity index (χ1) is 17.6. The number of halogens is 1. The molecule has 0 aliphatic heterocycles. The third kappa shape index (κ3) is 7.57. The number of carbonyl (C=O) groups is 2. The van der Waals surface area contributed by atoms with Gasteiger partial charge in [-0.05, 0) is 41.3 Å². The molecule has 3 aromatic carbocycles. The fourth-order valence-corrected chi connectivity index (χ4v) is 5.29. The molecule has 0 saturated carbocycles. The maximum atomic E-state index is 13.9. The lowest BCUT2D eigenvalue weighted by molar-refractivity contribution is -0.139. The molecule has 1 N–H and O–H groups in total. The van der Waals surface area contributed by atoms with Crippen LogP contribution in [0.5, 0.6) is 0 Å². The molecular formula is C28H32ClN3O4S. The number of anilines is 1. The summed E-state index contributed by atoms with van der Waals surface area (Å²) in [5, 5.41) is 3.16. The van der Waals surface area contributed by atoms with Crippen LogP contribution in [0.4, 0.5) is 5.69 Å². The molecule has 0 fully saturated rings. The molecule has 37 heavy (non-hydrogen) atoms. The lowest BCUT2D eigenvalue weighted by atomic mass is 10.0. The molecule has 1 atom stereocenters. The van der Waals surface area contributed by atoms with E-state index in [1.165, 1.54) is 11.9 Å². The van der Waals surface area contributed by atoms with Gasteiger partial charge in [0.05, 0.1) is 11.9 Å². The predicted octanol–water partition coefficient (Wildman–Crippen LogP) is 4.05. The summed E-state index contributed by atoms with van der Waals surface area (Å²) in [6.07, 6.45) is 1.93. The molecule has 3 rings (SSSR count). The van der Waals surface area contributed by atoms with Crippen LogP contribution in [0.2, 0.25) is 5.02 Å². The molecule has 7 nitrogen and oxygen atoms in total. The molecule has 196 valence electrons. The second-order valence-electron chi connectivity index (χ2n) is 8.72. The summed E-state index contributed by atoms with van der Waals surface area (Å²) in [6, 6.07) is 22.7. The van der Waals surface area contributed by atoms with Crippen LogP contribution in [0.3, 0.4) is 0 Å². The van der Waals surface area contributed by atoms with Gasteiger partial charge in [0.25, 0.3) is 0 Å². The maximum absolute atomic E-state index is 13.9. The highest BCUT2D eigenvalue weighted by Crippen LogP contribution is 2.25. The van der Waals surface area contributed by atoms with Crippen molar-refractivity contribution in [2.24, 2.45) is 0 Å². The van der Waals surface area contributed by atoms with Gasteiger partial charge in [-0.3, -0.25) is 13.9 Å². The zero-order valence-electron chi connectivity index (χ0n) is 21.2. The monoisotopic (exact) mass is 541 g/mol. The Hall–Kier alpha value is -3.36. The van der Waals surface area contributed by atoms with Gasteiger partial charge in [-0.1, -0.05) is 79.2 Å². The highest BCUT2D eigenvalue weighted by atomic mass is 35.5. The summed E-state index contributed by atoms with van der Waals surface area (Å²) in [5.74, 6) is -0.847. The molecule has 0 saturated heterocycles. The molecule has 0 radical (unpaired) electrons. The Morgan fingerprint density at radius 3 is 2.22 bits per heavy atom. The Balaban J connectivity index is 2.05. The van der Waals surface area contributed by atoms with E-state index in [1.54, 1.807) is 30.3 Å². The van der Waals surface area contributed by atoms with Crippen molar-refractivity contribution in [3.05, 3.63) is 101 Å². The van der Waals surface area contributed by atoms with Crippen LogP contribution >= 0.6 is 11.6 Å². The van der Waals surface area contributed by atoms with Crippen LogP contribution in [0, 0.1) is 0 Å². The summed E-state index contributed by atoms with van der Waals surface area (Å²) in [6.45, 7) is 1.56. The number of para-hydroxylation sites is 1. The summed E-state index contributed by atoms with van der Waals surface area (Å²) >= 11 is 6.19. The number of sulfonamides is 1. The molecule has 2 amide bonds. The highest BCUT2D eigenvalue weighted by Gasteiger charge is 2.33. The lowest BCUT2D eigenvalue weighted by Crippen LogP contribution is -2.53. The summed E-state index contributed by atoms with van der Waals surface area (Å²) in [4.78, 5) is 28.5. The molecule has 0 heterocycles. The van der Waals surface area contributed by atoms with Crippen molar-refractivity contribution < 1.29 is 18.0 Å². The Morgan fingerprint density at radius 1 is 0.946 bits per heavy atom. The van der Waals surface area contributed by atoms with Gasteiger partial charge in [-0.15, -0.1) is 0 Å². The first-order valence-corrected chi connectivity index (χ1v) is 14.2. The lowest BCUT2D eigenvalue weighted by Gasteiger charge is -2.33. The van der Waals surface area contributed by atoms with Gasteiger partial charge < -0.3 is 10.2 Å². The number of hydrogen-bond acceptors (Lipinski definition) is 4. The number of rotatable bonds is 11. The standard InChI is InChI=1S/C28H32ClN3O4S/c1-4-23-14-8-9-16-25(23)32(37(3,35)36)20-27(33)31(19-22-13-10-15-24(29)17-22)26(28(34)30-2)18-21-11-6-5-7-12-21/h5-17,26H,4,18-20H2,1-3H3,(H,30,34)/t26-/m1/s1. The fraction of sp³-hybridized carbons (Fsp3) is 0.286. The molecule has 0 unspecified atom stereocenters. The minimum atomic E-state index is -3.80. The van der Waals surface area contributed by atoms with E-state index in [0.717, 1.165) is 27.3 Å². The average molecular weight is 542 g/mol. The van der Waals surface area contributed by atoms with E-state index >= 15 is 0 Å². The second-order valence-corrected chi connectivity index (χ2v) is 11.1. The van der Waals surface area contributed by atoms with Gasteiger partial charge in [-0.25, -0.2) is 8.42 Å². The van der Waals surface area contributed by atoms with E-state index in [-0.39, 0.29) is 18.9 Å². The Morgan fingerprint density at radius 2 is 1.59 bits per heavy atom. The van der Waals surface area contributed by atoms with E-state index < -0.39 is 28.5 Å². The quantitative estimate of drug-likeness (QED) is 0.397. The van der Waals surface area contributed by atoms with Crippen LogP contribution in [0.15, 0.2) is 78.9 Å². The number of hydrogen-bond donors (Lipinski definition) is 1. The third-order valence-electron chi connectivity index (χ3n) is 6.08. The summed E-state index contributed by atoms with van der Waals surface area (Å²) in [5.41, 5.74) is 2.84. The number of benzene rings is 3. The van der Waals surface area contributed by atoms with Crippen molar-refractivity contribution in [2.45, 2.75) is 32.4 Å². The van der Waals surface area contributed by atoms with Gasteiger partial charge in [-0.2, -0.15) is 0 Å². The van der Waals surface area contributed by atoms with Crippen LogP contribution in [-0.2, 0) is 39.0 Å². The first-order valence-electron chi connectivity index (χ1n) is 12.0. The van der Waals surface area contributed by atoms with E-state index in [0.29, 0.717) is 17.1 Å². The van der Waals surface area contributed by atoms with Crippen molar-refractivity contribution in [1.82, 2.24) is 10.2 Å².